The molecule has 0 aliphatic heterocycles. The maximum Gasteiger partial charge on any atom is 0.142 e. The zero-order valence-corrected chi connectivity index (χ0v) is 14.7. The van der Waals surface area contributed by atoms with E-state index in [1.165, 1.54) is 11.1 Å². The van der Waals surface area contributed by atoms with Crippen molar-refractivity contribution in [2.45, 2.75) is 20.8 Å². The van der Waals surface area contributed by atoms with Gasteiger partial charge in [0.2, 0.25) is 0 Å². The van der Waals surface area contributed by atoms with Crippen molar-refractivity contribution in [3.8, 4) is 11.5 Å². The molecular formula is C20H22N2O2. The third-order valence-corrected chi connectivity index (χ3v) is 4.31. The molecule has 0 fully saturated rings. The van der Waals surface area contributed by atoms with Gasteiger partial charge in [-0.3, -0.25) is 4.98 Å². The Bertz CT molecular complexity index is 904. The predicted octanol–water partition coefficient (Wildman–Crippen LogP) is 4.92. The van der Waals surface area contributed by atoms with Crippen LogP contribution in [0.25, 0.3) is 10.9 Å². The molecule has 2 aromatic carbocycles. The number of aryl methyl sites for hydroxylation is 3. The van der Waals surface area contributed by atoms with Crippen LogP contribution in [-0.2, 0) is 0 Å². The van der Waals surface area contributed by atoms with Crippen molar-refractivity contribution in [2.24, 2.45) is 0 Å². The monoisotopic (exact) mass is 322 g/mol. The Labute approximate surface area is 142 Å². The van der Waals surface area contributed by atoms with Crippen LogP contribution in [0.5, 0.6) is 11.5 Å². The van der Waals surface area contributed by atoms with Crippen LogP contribution < -0.4 is 14.8 Å². The lowest BCUT2D eigenvalue weighted by Crippen LogP contribution is -1.99. The fourth-order valence-corrected chi connectivity index (χ4v) is 2.82. The van der Waals surface area contributed by atoms with Crippen LogP contribution >= 0.6 is 0 Å². The van der Waals surface area contributed by atoms with Crippen molar-refractivity contribution < 1.29 is 9.47 Å². The first kappa shape index (κ1) is 16.1. The van der Waals surface area contributed by atoms with Crippen LogP contribution in [0.3, 0.4) is 0 Å². The highest BCUT2D eigenvalue weighted by atomic mass is 16.5. The summed E-state index contributed by atoms with van der Waals surface area (Å²) >= 11 is 0. The fraction of sp³-hybridized carbons (Fsp3) is 0.250. The quantitative estimate of drug-likeness (QED) is 0.740. The van der Waals surface area contributed by atoms with Crippen LogP contribution in [0.4, 0.5) is 11.4 Å². The number of nitrogens with one attached hydrogen (secondary N) is 1. The van der Waals surface area contributed by atoms with Gasteiger partial charge in [0.15, 0.2) is 0 Å². The standard InChI is InChI=1S/C20H22N2O2/c1-12-6-8-16-17(10-13(2)21-20(16)14(12)3)22-18-11-15(23-4)7-9-19(18)24-5/h6-11H,1-5H3,(H,21,22). The molecule has 0 radical (unpaired) electrons. The molecule has 0 saturated heterocycles. The summed E-state index contributed by atoms with van der Waals surface area (Å²) in [6.45, 7) is 6.23. The van der Waals surface area contributed by atoms with Crippen LogP contribution in [0.1, 0.15) is 16.8 Å². The molecule has 4 heteroatoms. The molecule has 0 unspecified atom stereocenters. The van der Waals surface area contributed by atoms with Crippen molar-refractivity contribution in [1.29, 1.82) is 0 Å². The molecule has 3 rings (SSSR count). The number of anilines is 2. The number of fused-ring (bicyclic) bond motifs is 1. The Morgan fingerprint density at radius 2 is 1.67 bits per heavy atom. The minimum absolute atomic E-state index is 0.766. The summed E-state index contributed by atoms with van der Waals surface area (Å²) in [5.41, 5.74) is 6.32. The summed E-state index contributed by atoms with van der Waals surface area (Å²) < 4.78 is 10.8. The molecule has 24 heavy (non-hydrogen) atoms. The second-order valence-electron chi connectivity index (χ2n) is 5.91. The van der Waals surface area contributed by atoms with Gasteiger partial charge >= 0.3 is 0 Å². The van der Waals surface area contributed by atoms with Gasteiger partial charge in [0.25, 0.3) is 0 Å². The lowest BCUT2D eigenvalue weighted by atomic mass is 10.0. The second-order valence-corrected chi connectivity index (χ2v) is 5.91. The van der Waals surface area contributed by atoms with E-state index in [-0.39, 0.29) is 0 Å². The van der Waals surface area contributed by atoms with Crippen LogP contribution in [0.2, 0.25) is 0 Å². The van der Waals surface area contributed by atoms with Crippen molar-refractivity contribution in [2.75, 3.05) is 19.5 Å². The van der Waals surface area contributed by atoms with E-state index >= 15 is 0 Å². The van der Waals surface area contributed by atoms with E-state index in [2.05, 4.69) is 37.4 Å². The molecule has 0 aliphatic carbocycles. The van der Waals surface area contributed by atoms with E-state index in [9.17, 15) is 0 Å². The third kappa shape index (κ3) is 2.87. The molecule has 0 spiro atoms. The van der Waals surface area contributed by atoms with E-state index < -0.39 is 0 Å². The van der Waals surface area contributed by atoms with E-state index in [1.54, 1.807) is 14.2 Å². The number of ether oxygens (including phenoxy) is 2. The summed E-state index contributed by atoms with van der Waals surface area (Å²) in [6.07, 6.45) is 0. The largest absolute Gasteiger partial charge is 0.497 e. The van der Waals surface area contributed by atoms with Gasteiger partial charge in [-0.2, -0.15) is 0 Å². The van der Waals surface area contributed by atoms with Crippen LogP contribution in [0, 0.1) is 20.8 Å². The fourth-order valence-electron chi connectivity index (χ4n) is 2.82. The average molecular weight is 322 g/mol. The molecule has 0 bridgehead atoms. The van der Waals surface area contributed by atoms with E-state index in [0.29, 0.717) is 0 Å². The number of benzene rings is 2. The van der Waals surface area contributed by atoms with Crippen LogP contribution in [-0.4, -0.2) is 19.2 Å². The molecule has 0 atom stereocenters. The molecule has 124 valence electrons. The molecule has 1 aromatic heterocycles. The highest BCUT2D eigenvalue weighted by Crippen LogP contribution is 2.35. The Hall–Kier alpha value is -2.75. The lowest BCUT2D eigenvalue weighted by Gasteiger charge is -2.16. The number of hydrogen-bond acceptors (Lipinski definition) is 4. The number of pyridine rings is 1. The zero-order valence-electron chi connectivity index (χ0n) is 14.7. The normalized spacial score (nSPS) is 10.7. The molecule has 1 heterocycles. The average Bonchev–Trinajstić information content (AvgIpc) is 2.58. The molecule has 4 nitrogen and oxygen atoms in total. The zero-order chi connectivity index (χ0) is 17.3. The molecule has 0 aliphatic rings. The SMILES string of the molecule is COc1ccc(OC)c(Nc2cc(C)nc3c(C)c(C)ccc23)c1. The number of nitrogens with zero attached hydrogens (tertiary/aromatic N) is 1. The molecular weight excluding hydrogens is 300 g/mol. The Morgan fingerprint density at radius 1 is 0.875 bits per heavy atom. The van der Waals surface area contributed by atoms with Crippen molar-refractivity contribution >= 4 is 22.3 Å². The number of aromatic nitrogens is 1. The third-order valence-electron chi connectivity index (χ3n) is 4.31. The Kier molecular flexibility index (Phi) is 4.30. The van der Waals surface area contributed by atoms with Crippen molar-refractivity contribution in [3.63, 3.8) is 0 Å². The molecule has 0 saturated carbocycles. The molecule has 0 amide bonds. The van der Waals surface area contributed by atoms with Gasteiger partial charge in [-0.15, -0.1) is 0 Å². The van der Waals surface area contributed by atoms with Gasteiger partial charge < -0.3 is 14.8 Å². The van der Waals surface area contributed by atoms with Gasteiger partial charge in [0.05, 0.1) is 25.4 Å². The minimum Gasteiger partial charge on any atom is -0.497 e. The van der Waals surface area contributed by atoms with E-state index in [1.807, 2.05) is 25.1 Å². The maximum absolute atomic E-state index is 5.47. The summed E-state index contributed by atoms with van der Waals surface area (Å²) in [5.74, 6) is 1.54. The number of rotatable bonds is 4. The van der Waals surface area contributed by atoms with Gasteiger partial charge in [0.1, 0.15) is 11.5 Å². The maximum atomic E-state index is 5.47. The smallest absolute Gasteiger partial charge is 0.142 e. The summed E-state index contributed by atoms with van der Waals surface area (Å²) in [7, 11) is 3.32. The van der Waals surface area contributed by atoms with E-state index in [0.717, 1.165) is 39.5 Å². The lowest BCUT2D eigenvalue weighted by molar-refractivity contribution is 0.405. The highest BCUT2D eigenvalue weighted by Gasteiger charge is 2.11. The Balaban J connectivity index is 2.16. The molecule has 1 N–H and O–H groups in total. The minimum atomic E-state index is 0.766. The number of methoxy groups -OCH3 is 2. The summed E-state index contributed by atoms with van der Waals surface area (Å²) in [6, 6.07) is 12.0. The van der Waals surface area contributed by atoms with Crippen LogP contribution in [0.15, 0.2) is 36.4 Å². The number of hydrogen-bond donors (Lipinski definition) is 1. The summed E-state index contributed by atoms with van der Waals surface area (Å²) in [5, 5.41) is 4.57. The first-order chi connectivity index (χ1) is 11.5. The van der Waals surface area contributed by atoms with Crippen molar-refractivity contribution in [3.05, 3.63) is 53.2 Å². The first-order valence-corrected chi connectivity index (χ1v) is 7.90. The second kappa shape index (κ2) is 6.40. The topological polar surface area (TPSA) is 43.4 Å². The summed E-state index contributed by atoms with van der Waals surface area (Å²) in [4.78, 5) is 4.72. The van der Waals surface area contributed by atoms with E-state index in [4.69, 9.17) is 14.5 Å². The predicted molar refractivity (Wildman–Crippen MR) is 98.8 cm³/mol. The van der Waals surface area contributed by atoms with Crippen molar-refractivity contribution in [1.82, 2.24) is 4.98 Å². The van der Waals surface area contributed by atoms with Gasteiger partial charge in [0, 0.05) is 22.8 Å². The highest BCUT2D eigenvalue weighted by molar-refractivity contribution is 5.96. The van der Waals surface area contributed by atoms with Gasteiger partial charge in [-0.1, -0.05) is 12.1 Å². The first-order valence-electron chi connectivity index (χ1n) is 7.90. The Morgan fingerprint density at radius 3 is 2.38 bits per heavy atom. The van der Waals surface area contributed by atoms with Gasteiger partial charge in [-0.05, 0) is 50.1 Å². The molecule has 3 aromatic rings. The van der Waals surface area contributed by atoms with Gasteiger partial charge in [-0.25, -0.2) is 0 Å².